The molecule has 0 amide bonds. The number of rotatable bonds is 3. The minimum absolute atomic E-state index is 0.196. The zero-order valence-corrected chi connectivity index (χ0v) is 9.91. The first kappa shape index (κ1) is 11.7. The van der Waals surface area contributed by atoms with Crippen molar-refractivity contribution in [1.29, 1.82) is 0 Å². The standard InChI is InChI=1S/C13H10O6/c1-18-6-4-2-3-5-7(6)11-9(13(16)17)8(12(14)15)10(5)19-11/h2-4,10-11H,1H3,(H,14,15)(H,16,17). The third-order valence-corrected chi connectivity index (χ3v) is 3.41. The monoisotopic (exact) mass is 262 g/mol. The van der Waals surface area contributed by atoms with Gasteiger partial charge in [-0.3, -0.25) is 0 Å². The maximum atomic E-state index is 11.3. The fraction of sp³-hybridized carbons (Fsp3) is 0.231. The molecule has 3 rings (SSSR count). The molecule has 0 saturated carbocycles. The van der Waals surface area contributed by atoms with Crippen molar-refractivity contribution < 1.29 is 29.3 Å². The van der Waals surface area contributed by atoms with E-state index in [-0.39, 0.29) is 11.1 Å². The number of carboxylic acid groups (broad SMARTS) is 2. The summed E-state index contributed by atoms with van der Waals surface area (Å²) in [6.07, 6.45) is -1.71. The molecule has 0 radical (unpaired) electrons. The molecule has 2 atom stereocenters. The number of fused-ring (bicyclic) bond motifs is 5. The molecule has 2 aliphatic rings. The summed E-state index contributed by atoms with van der Waals surface area (Å²) in [5.41, 5.74) is 0.858. The maximum absolute atomic E-state index is 11.3. The number of hydrogen-bond donors (Lipinski definition) is 2. The molecule has 2 N–H and O–H groups in total. The molecule has 6 heteroatoms. The lowest BCUT2D eigenvalue weighted by Crippen LogP contribution is -2.17. The van der Waals surface area contributed by atoms with E-state index in [1.807, 2.05) is 0 Å². The molecule has 1 aromatic rings. The molecule has 2 bridgehead atoms. The highest BCUT2D eigenvalue weighted by molar-refractivity contribution is 6.02. The van der Waals surface area contributed by atoms with Gasteiger partial charge < -0.3 is 19.7 Å². The molecule has 6 nitrogen and oxygen atoms in total. The number of benzene rings is 1. The first-order valence-corrected chi connectivity index (χ1v) is 5.59. The second kappa shape index (κ2) is 3.83. The van der Waals surface area contributed by atoms with Crippen LogP contribution in [0.5, 0.6) is 5.75 Å². The predicted octanol–water partition coefficient (Wildman–Crippen LogP) is 1.29. The summed E-state index contributed by atoms with van der Waals surface area (Å²) in [5.74, 6) is -2.03. The van der Waals surface area contributed by atoms with Crippen molar-refractivity contribution >= 4 is 11.9 Å². The summed E-state index contributed by atoms with van der Waals surface area (Å²) >= 11 is 0. The quantitative estimate of drug-likeness (QED) is 0.852. The van der Waals surface area contributed by atoms with Gasteiger partial charge in [0.05, 0.1) is 18.3 Å². The SMILES string of the molecule is COc1cccc2c1C1OC2C(C(=O)O)=C1C(=O)O. The van der Waals surface area contributed by atoms with Crippen LogP contribution in [0, 0.1) is 0 Å². The van der Waals surface area contributed by atoms with Crippen molar-refractivity contribution in [2.45, 2.75) is 12.2 Å². The minimum atomic E-state index is -1.28. The molecule has 0 spiro atoms. The van der Waals surface area contributed by atoms with Crippen molar-refractivity contribution in [1.82, 2.24) is 0 Å². The Labute approximate surface area is 107 Å². The molecule has 0 aromatic heterocycles. The van der Waals surface area contributed by atoms with E-state index in [4.69, 9.17) is 9.47 Å². The third kappa shape index (κ3) is 1.40. The Hall–Kier alpha value is -2.34. The number of hydrogen-bond acceptors (Lipinski definition) is 4. The van der Waals surface area contributed by atoms with E-state index in [1.54, 1.807) is 18.2 Å². The summed E-state index contributed by atoms with van der Waals surface area (Å²) in [6.45, 7) is 0. The van der Waals surface area contributed by atoms with Crippen molar-refractivity contribution in [2.75, 3.05) is 7.11 Å². The van der Waals surface area contributed by atoms with Gasteiger partial charge in [-0.05, 0) is 11.6 Å². The van der Waals surface area contributed by atoms with Gasteiger partial charge in [0.1, 0.15) is 18.0 Å². The Morgan fingerprint density at radius 2 is 1.79 bits per heavy atom. The Balaban J connectivity index is 2.23. The van der Waals surface area contributed by atoms with Crippen LogP contribution in [0.4, 0.5) is 0 Å². The Kier molecular flexibility index (Phi) is 2.36. The highest BCUT2D eigenvalue weighted by atomic mass is 16.5. The number of methoxy groups -OCH3 is 1. The Bertz CT molecular complexity index is 630. The van der Waals surface area contributed by atoms with Gasteiger partial charge in [-0.2, -0.15) is 0 Å². The number of carbonyl (C=O) groups is 2. The predicted molar refractivity (Wildman–Crippen MR) is 61.9 cm³/mol. The normalized spacial score (nSPS) is 23.4. The fourth-order valence-electron chi connectivity index (χ4n) is 2.70. The molecule has 19 heavy (non-hydrogen) atoms. The third-order valence-electron chi connectivity index (χ3n) is 3.41. The lowest BCUT2D eigenvalue weighted by molar-refractivity contribution is -0.136. The fourth-order valence-corrected chi connectivity index (χ4v) is 2.70. The van der Waals surface area contributed by atoms with Crippen LogP contribution in [0.25, 0.3) is 0 Å². The van der Waals surface area contributed by atoms with E-state index in [9.17, 15) is 19.8 Å². The first-order chi connectivity index (χ1) is 9.06. The van der Waals surface area contributed by atoms with Gasteiger partial charge in [-0.1, -0.05) is 12.1 Å². The zero-order valence-electron chi connectivity index (χ0n) is 9.91. The zero-order chi connectivity index (χ0) is 13.7. The Morgan fingerprint density at radius 1 is 1.16 bits per heavy atom. The van der Waals surface area contributed by atoms with E-state index >= 15 is 0 Å². The van der Waals surface area contributed by atoms with Gasteiger partial charge in [-0.25, -0.2) is 9.59 Å². The first-order valence-electron chi connectivity index (χ1n) is 5.59. The van der Waals surface area contributed by atoms with Crippen molar-refractivity contribution in [3.8, 4) is 5.75 Å². The molecule has 1 aromatic carbocycles. The molecule has 0 aliphatic carbocycles. The number of aliphatic carboxylic acids is 2. The van der Waals surface area contributed by atoms with Crippen LogP contribution in [-0.2, 0) is 14.3 Å². The van der Waals surface area contributed by atoms with E-state index in [1.165, 1.54) is 7.11 Å². The van der Waals surface area contributed by atoms with Gasteiger partial charge in [0.15, 0.2) is 0 Å². The molecule has 2 heterocycles. The number of ether oxygens (including phenoxy) is 2. The largest absolute Gasteiger partial charge is 0.496 e. The van der Waals surface area contributed by atoms with Crippen molar-refractivity contribution in [3.05, 3.63) is 40.5 Å². The topological polar surface area (TPSA) is 93.1 Å². The molecule has 0 fully saturated rings. The summed E-state index contributed by atoms with van der Waals surface area (Å²) in [5, 5.41) is 18.4. The van der Waals surface area contributed by atoms with Crippen molar-refractivity contribution in [2.24, 2.45) is 0 Å². The lowest BCUT2D eigenvalue weighted by atomic mass is 9.85. The van der Waals surface area contributed by atoms with Crippen LogP contribution in [0.2, 0.25) is 0 Å². The van der Waals surface area contributed by atoms with E-state index in [0.717, 1.165) is 0 Å². The molecular weight excluding hydrogens is 252 g/mol. The summed E-state index contributed by atoms with van der Waals surface area (Å²) in [4.78, 5) is 22.5. The molecule has 2 unspecified atom stereocenters. The van der Waals surface area contributed by atoms with Crippen LogP contribution in [0.1, 0.15) is 23.3 Å². The average Bonchev–Trinajstić information content (AvgIpc) is 2.93. The van der Waals surface area contributed by atoms with Crippen LogP contribution in [-0.4, -0.2) is 29.3 Å². The van der Waals surface area contributed by atoms with Crippen LogP contribution in [0.3, 0.4) is 0 Å². The molecule has 98 valence electrons. The highest BCUT2D eigenvalue weighted by Gasteiger charge is 2.51. The molecule has 2 aliphatic heterocycles. The van der Waals surface area contributed by atoms with E-state index in [0.29, 0.717) is 16.9 Å². The smallest absolute Gasteiger partial charge is 0.335 e. The second-order valence-electron chi connectivity index (χ2n) is 4.30. The second-order valence-corrected chi connectivity index (χ2v) is 4.30. The lowest BCUT2D eigenvalue weighted by Gasteiger charge is -2.17. The number of carboxylic acids is 2. The van der Waals surface area contributed by atoms with Gasteiger partial charge in [-0.15, -0.1) is 0 Å². The van der Waals surface area contributed by atoms with Crippen LogP contribution < -0.4 is 4.74 Å². The highest BCUT2D eigenvalue weighted by Crippen LogP contribution is 2.56. The molecular formula is C13H10O6. The minimum Gasteiger partial charge on any atom is -0.496 e. The average molecular weight is 262 g/mol. The summed E-state index contributed by atoms with van der Waals surface area (Å²) in [6, 6.07) is 5.15. The van der Waals surface area contributed by atoms with Gasteiger partial charge in [0.25, 0.3) is 0 Å². The molecule has 0 saturated heterocycles. The van der Waals surface area contributed by atoms with Crippen LogP contribution in [0.15, 0.2) is 29.3 Å². The summed E-state index contributed by atoms with van der Waals surface area (Å²) in [7, 11) is 1.48. The van der Waals surface area contributed by atoms with Crippen molar-refractivity contribution in [3.63, 3.8) is 0 Å². The van der Waals surface area contributed by atoms with E-state index in [2.05, 4.69) is 0 Å². The van der Waals surface area contributed by atoms with Crippen LogP contribution >= 0.6 is 0 Å². The van der Waals surface area contributed by atoms with Gasteiger partial charge in [0.2, 0.25) is 0 Å². The van der Waals surface area contributed by atoms with Gasteiger partial charge >= 0.3 is 11.9 Å². The summed E-state index contributed by atoms with van der Waals surface area (Å²) < 4.78 is 10.7. The Morgan fingerprint density at radius 3 is 2.37 bits per heavy atom. The van der Waals surface area contributed by atoms with Gasteiger partial charge in [0, 0.05) is 5.56 Å². The van der Waals surface area contributed by atoms with E-state index < -0.39 is 24.1 Å². The maximum Gasteiger partial charge on any atom is 0.335 e.